The Labute approximate surface area is 169 Å². The first kappa shape index (κ1) is 19.5. The van der Waals surface area contributed by atoms with Crippen LogP contribution in [-0.2, 0) is 12.7 Å². The number of alkyl halides is 3. The molecule has 0 radical (unpaired) electrons. The van der Waals surface area contributed by atoms with E-state index in [9.17, 15) is 13.2 Å². The first-order valence-electron chi connectivity index (χ1n) is 8.99. The topological polar surface area (TPSA) is 92.3 Å². The molecule has 2 aromatic heterocycles. The van der Waals surface area contributed by atoms with Crippen LogP contribution >= 0.6 is 0 Å². The maximum Gasteiger partial charge on any atom is 0.433 e. The SMILES string of the molecule is Cc1nc(NCc2ccc(-c3ccccc3-c3nn[nH]n3)cc2)cc(C(F)(F)F)n1. The van der Waals surface area contributed by atoms with E-state index in [1.165, 1.54) is 6.92 Å². The molecule has 152 valence electrons. The lowest BCUT2D eigenvalue weighted by atomic mass is 9.98. The first-order valence-corrected chi connectivity index (χ1v) is 8.99. The number of anilines is 1. The van der Waals surface area contributed by atoms with Gasteiger partial charge in [-0.05, 0) is 28.8 Å². The second kappa shape index (κ2) is 7.90. The summed E-state index contributed by atoms with van der Waals surface area (Å²) in [4.78, 5) is 7.46. The molecule has 0 unspecified atom stereocenters. The van der Waals surface area contributed by atoms with Gasteiger partial charge in [0.2, 0.25) is 5.82 Å². The molecule has 0 saturated heterocycles. The van der Waals surface area contributed by atoms with Crippen LogP contribution in [-0.4, -0.2) is 30.6 Å². The number of aromatic amines is 1. The molecule has 0 fully saturated rings. The molecule has 4 rings (SSSR count). The van der Waals surface area contributed by atoms with E-state index in [0.717, 1.165) is 28.3 Å². The zero-order valence-corrected chi connectivity index (χ0v) is 15.8. The first-order chi connectivity index (χ1) is 14.4. The molecule has 2 aromatic carbocycles. The van der Waals surface area contributed by atoms with Crippen molar-refractivity contribution in [2.45, 2.75) is 19.6 Å². The molecule has 0 bridgehead atoms. The molecule has 4 aromatic rings. The standard InChI is InChI=1S/C20H16F3N7/c1-12-25-17(20(21,22)23)10-18(26-12)24-11-13-6-8-14(9-7-13)15-4-2-3-5-16(15)19-27-29-30-28-19/h2-10H,11H2,1H3,(H,24,25,26)(H,27,28,29,30). The molecular weight excluding hydrogens is 395 g/mol. The minimum absolute atomic E-state index is 0.0562. The zero-order valence-electron chi connectivity index (χ0n) is 15.8. The monoisotopic (exact) mass is 411 g/mol. The molecule has 0 aliphatic heterocycles. The van der Waals surface area contributed by atoms with Gasteiger partial charge in [-0.3, -0.25) is 0 Å². The highest BCUT2D eigenvalue weighted by molar-refractivity contribution is 5.80. The Kier molecular flexibility index (Phi) is 5.13. The number of H-pyrrole nitrogens is 1. The summed E-state index contributed by atoms with van der Waals surface area (Å²) in [6.07, 6.45) is -4.52. The molecular formula is C20H16F3N7. The molecule has 10 heteroatoms. The van der Waals surface area contributed by atoms with E-state index in [1.54, 1.807) is 0 Å². The van der Waals surface area contributed by atoms with Gasteiger partial charge in [-0.25, -0.2) is 9.97 Å². The number of rotatable bonds is 5. The zero-order chi connectivity index (χ0) is 21.1. The Morgan fingerprint density at radius 2 is 1.70 bits per heavy atom. The van der Waals surface area contributed by atoms with Crippen LogP contribution in [0.2, 0.25) is 0 Å². The third kappa shape index (κ3) is 4.27. The van der Waals surface area contributed by atoms with Gasteiger partial charge in [0.05, 0.1) is 0 Å². The maximum atomic E-state index is 12.9. The van der Waals surface area contributed by atoms with Crippen LogP contribution in [0.4, 0.5) is 19.0 Å². The van der Waals surface area contributed by atoms with Gasteiger partial charge in [0.25, 0.3) is 0 Å². The van der Waals surface area contributed by atoms with Crippen LogP contribution in [0.25, 0.3) is 22.5 Å². The van der Waals surface area contributed by atoms with Crippen LogP contribution in [0, 0.1) is 6.92 Å². The number of halogens is 3. The smallest absolute Gasteiger partial charge is 0.366 e. The number of hydrogen-bond donors (Lipinski definition) is 2. The van der Waals surface area contributed by atoms with Crippen molar-refractivity contribution < 1.29 is 13.2 Å². The third-order valence-electron chi connectivity index (χ3n) is 4.38. The predicted octanol–water partition coefficient (Wildman–Crippen LogP) is 4.26. The molecule has 2 N–H and O–H groups in total. The van der Waals surface area contributed by atoms with Crippen molar-refractivity contribution in [2.75, 3.05) is 5.32 Å². The minimum Gasteiger partial charge on any atom is -0.366 e. The summed E-state index contributed by atoms with van der Waals surface area (Å²) >= 11 is 0. The van der Waals surface area contributed by atoms with Crippen molar-refractivity contribution in [3.05, 3.63) is 71.7 Å². The summed E-state index contributed by atoms with van der Waals surface area (Å²) in [5, 5.41) is 17.0. The van der Waals surface area contributed by atoms with Crippen LogP contribution < -0.4 is 5.32 Å². The molecule has 0 saturated carbocycles. The number of nitrogens with zero attached hydrogens (tertiary/aromatic N) is 5. The van der Waals surface area contributed by atoms with Gasteiger partial charge in [-0.1, -0.05) is 48.5 Å². The van der Waals surface area contributed by atoms with Crippen LogP contribution in [0.5, 0.6) is 0 Å². The highest BCUT2D eigenvalue weighted by Crippen LogP contribution is 2.30. The lowest BCUT2D eigenvalue weighted by Crippen LogP contribution is -2.12. The summed E-state index contributed by atoms with van der Waals surface area (Å²) in [7, 11) is 0. The second-order valence-corrected chi connectivity index (χ2v) is 6.51. The molecule has 7 nitrogen and oxygen atoms in total. The minimum atomic E-state index is -4.52. The van der Waals surface area contributed by atoms with Crippen molar-refractivity contribution in [3.63, 3.8) is 0 Å². The fraction of sp³-hybridized carbons (Fsp3) is 0.150. The molecule has 30 heavy (non-hydrogen) atoms. The van der Waals surface area contributed by atoms with Crippen molar-refractivity contribution in [2.24, 2.45) is 0 Å². The highest BCUT2D eigenvalue weighted by Gasteiger charge is 2.33. The van der Waals surface area contributed by atoms with E-state index in [1.807, 2.05) is 48.5 Å². The Bertz CT molecular complexity index is 1140. The fourth-order valence-corrected chi connectivity index (χ4v) is 3.00. The van der Waals surface area contributed by atoms with E-state index in [4.69, 9.17) is 0 Å². The molecule has 0 spiro atoms. The van der Waals surface area contributed by atoms with Gasteiger partial charge in [-0.2, -0.15) is 18.4 Å². The van der Waals surface area contributed by atoms with Gasteiger partial charge >= 0.3 is 6.18 Å². The lowest BCUT2D eigenvalue weighted by molar-refractivity contribution is -0.141. The summed E-state index contributed by atoms with van der Waals surface area (Å²) in [6.45, 7) is 1.75. The largest absolute Gasteiger partial charge is 0.433 e. The van der Waals surface area contributed by atoms with Crippen LogP contribution in [0.1, 0.15) is 17.1 Å². The number of aryl methyl sites for hydroxylation is 1. The van der Waals surface area contributed by atoms with Gasteiger partial charge in [0.15, 0.2) is 0 Å². The molecule has 0 amide bonds. The van der Waals surface area contributed by atoms with E-state index in [2.05, 4.69) is 35.9 Å². The van der Waals surface area contributed by atoms with Crippen LogP contribution in [0.3, 0.4) is 0 Å². The van der Waals surface area contributed by atoms with Crippen molar-refractivity contribution in [3.8, 4) is 22.5 Å². The van der Waals surface area contributed by atoms with E-state index < -0.39 is 11.9 Å². The van der Waals surface area contributed by atoms with Crippen molar-refractivity contribution >= 4 is 5.82 Å². The average Bonchev–Trinajstić information content (AvgIpc) is 3.26. The van der Waals surface area contributed by atoms with Crippen molar-refractivity contribution in [1.29, 1.82) is 0 Å². The van der Waals surface area contributed by atoms with Gasteiger partial charge in [0, 0.05) is 18.2 Å². The average molecular weight is 411 g/mol. The van der Waals surface area contributed by atoms with Crippen LogP contribution in [0.15, 0.2) is 54.6 Å². The summed E-state index contributed by atoms with van der Waals surface area (Å²) in [5.41, 5.74) is 2.66. The fourth-order valence-electron chi connectivity index (χ4n) is 3.00. The Morgan fingerprint density at radius 3 is 2.37 bits per heavy atom. The Hall–Kier alpha value is -3.82. The van der Waals surface area contributed by atoms with Gasteiger partial charge in [0.1, 0.15) is 17.3 Å². The quantitative estimate of drug-likeness (QED) is 0.510. The second-order valence-electron chi connectivity index (χ2n) is 6.51. The van der Waals surface area contributed by atoms with E-state index >= 15 is 0 Å². The number of benzene rings is 2. The Morgan fingerprint density at radius 1 is 0.967 bits per heavy atom. The Balaban J connectivity index is 1.52. The number of hydrogen-bond acceptors (Lipinski definition) is 6. The van der Waals surface area contributed by atoms with E-state index in [-0.39, 0.29) is 11.6 Å². The van der Waals surface area contributed by atoms with Crippen molar-refractivity contribution in [1.82, 2.24) is 30.6 Å². The molecule has 2 heterocycles. The molecule has 0 aliphatic carbocycles. The maximum absolute atomic E-state index is 12.9. The number of aromatic nitrogens is 6. The molecule has 0 aliphatic rings. The predicted molar refractivity (Wildman–Crippen MR) is 104 cm³/mol. The summed E-state index contributed by atoms with van der Waals surface area (Å²) in [5.74, 6) is 0.679. The highest BCUT2D eigenvalue weighted by atomic mass is 19.4. The third-order valence-corrected chi connectivity index (χ3v) is 4.38. The molecule has 0 atom stereocenters. The normalized spacial score (nSPS) is 11.5. The summed E-state index contributed by atoms with van der Waals surface area (Å²) in [6, 6.07) is 16.2. The van der Waals surface area contributed by atoms with E-state index in [0.29, 0.717) is 12.4 Å². The summed E-state index contributed by atoms with van der Waals surface area (Å²) < 4.78 is 38.8. The van der Waals surface area contributed by atoms with Gasteiger partial charge in [-0.15, -0.1) is 10.2 Å². The lowest BCUT2D eigenvalue weighted by Gasteiger charge is -2.11. The number of tetrazole rings is 1. The number of nitrogens with one attached hydrogen (secondary N) is 2. The van der Waals surface area contributed by atoms with Gasteiger partial charge < -0.3 is 5.32 Å².